The highest BCUT2D eigenvalue weighted by Crippen LogP contribution is 2.14. The number of nitrogens with one attached hydrogen (secondary N) is 1. The van der Waals surface area contributed by atoms with Crippen LogP contribution in [0, 0.1) is 5.92 Å². The maximum Gasteiger partial charge on any atom is 0.241 e. The lowest BCUT2D eigenvalue weighted by molar-refractivity contribution is 0.114. The number of hydrogen-bond acceptors (Lipinski definition) is 4. The molecular formula is C13H20N2O3S2. The molecule has 0 bridgehead atoms. The molecule has 0 atom stereocenters. The zero-order chi connectivity index (χ0) is 15.2. The van der Waals surface area contributed by atoms with E-state index in [-0.39, 0.29) is 16.4 Å². The van der Waals surface area contributed by atoms with Crippen LogP contribution in [0.4, 0.5) is 0 Å². The van der Waals surface area contributed by atoms with Gasteiger partial charge in [0.1, 0.15) is 4.99 Å². The van der Waals surface area contributed by atoms with E-state index >= 15 is 0 Å². The fourth-order valence-corrected chi connectivity index (χ4v) is 3.02. The van der Waals surface area contributed by atoms with E-state index in [9.17, 15) is 8.42 Å². The molecule has 5 nitrogen and oxygen atoms in total. The molecule has 0 aromatic heterocycles. The number of rotatable bonds is 8. The van der Waals surface area contributed by atoms with Gasteiger partial charge in [0.2, 0.25) is 10.0 Å². The van der Waals surface area contributed by atoms with Gasteiger partial charge in [0.05, 0.1) is 11.5 Å². The highest BCUT2D eigenvalue weighted by Gasteiger charge is 2.18. The molecule has 0 saturated carbocycles. The smallest absolute Gasteiger partial charge is 0.241 e. The summed E-state index contributed by atoms with van der Waals surface area (Å²) in [6.07, 6.45) is 0. The second-order valence-corrected chi connectivity index (χ2v) is 6.90. The minimum absolute atomic E-state index is 0.0574. The Morgan fingerprint density at radius 2 is 2.05 bits per heavy atom. The quantitative estimate of drug-likeness (QED) is 0.557. The second-order valence-electron chi connectivity index (χ2n) is 4.73. The van der Waals surface area contributed by atoms with Gasteiger partial charge in [-0.2, -0.15) is 0 Å². The Kier molecular flexibility index (Phi) is 6.54. The summed E-state index contributed by atoms with van der Waals surface area (Å²) in [5.41, 5.74) is 5.88. The SMILES string of the molecule is CC(C)COCCNS(=O)(=O)c1ccccc1C(N)=S. The average molecular weight is 316 g/mol. The Labute approximate surface area is 125 Å². The fraction of sp³-hybridized carbons (Fsp3) is 0.462. The van der Waals surface area contributed by atoms with E-state index in [1.54, 1.807) is 18.2 Å². The molecule has 0 fully saturated rings. The van der Waals surface area contributed by atoms with Crippen LogP contribution in [-0.4, -0.2) is 33.2 Å². The minimum Gasteiger partial charge on any atom is -0.389 e. The molecule has 0 aliphatic heterocycles. The van der Waals surface area contributed by atoms with E-state index in [0.717, 1.165) is 0 Å². The summed E-state index contributed by atoms with van der Waals surface area (Å²) in [5.74, 6) is 0.418. The van der Waals surface area contributed by atoms with Gasteiger partial charge in [-0.05, 0) is 12.0 Å². The molecule has 0 heterocycles. The van der Waals surface area contributed by atoms with Gasteiger partial charge in [0.25, 0.3) is 0 Å². The number of hydrogen-bond donors (Lipinski definition) is 2. The topological polar surface area (TPSA) is 81.4 Å². The van der Waals surface area contributed by atoms with Crippen molar-refractivity contribution < 1.29 is 13.2 Å². The van der Waals surface area contributed by atoms with Crippen molar-refractivity contribution >= 4 is 27.2 Å². The van der Waals surface area contributed by atoms with Crippen LogP contribution in [0.5, 0.6) is 0 Å². The molecule has 0 spiro atoms. The number of sulfonamides is 1. The third-order valence-corrected chi connectivity index (χ3v) is 4.17. The summed E-state index contributed by atoms with van der Waals surface area (Å²) in [7, 11) is -3.63. The summed E-state index contributed by atoms with van der Waals surface area (Å²) in [5, 5.41) is 0. The van der Waals surface area contributed by atoms with Crippen LogP contribution in [-0.2, 0) is 14.8 Å². The molecule has 0 amide bonds. The van der Waals surface area contributed by atoms with Gasteiger partial charge in [-0.25, -0.2) is 13.1 Å². The number of benzene rings is 1. The van der Waals surface area contributed by atoms with Gasteiger partial charge in [-0.1, -0.05) is 44.3 Å². The molecule has 0 aliphatic carbocycles. The largest absolute Gasteiger partial charge is 0.389 e. The van der Waals surface area contributed by atoms with Crippen LogP contribution in [0.1, 0.15) is 19.4 Å². The van der Waals surface area contributed by atoms with Crippen molar-refractivity contribution in [1.82, 2.24) is 4.72 Å². The maximum atomic E-state index is 12.2. The van der Waals surface area contributed by atoms with E-state index in [1.165, 1.54) is 6.07 Å². The van der Waals surface area contributed by atoms with Crippen LogP contribution in [0.2, 0.25) is 0 Å². The van der Waals surface area contributed by atoms with Gasteiger partial charge in [0, 0.05) is 18.7 Å². The maximum absolute atomic E-state index is 12.2. The fourth-order valence-electron chi connectivity index (χ4n) is 1.55. The number of ether oxygens (including phenoxy) is 1. The van der Waals surface area contributed by atoms with Crippen LogP contribution in [0.25, 0.3) is 0 Å². The summed E-state index contributed by atoms with van der Waals surface area (Å²) >= 11 is 4.86. The van der Waals surface area contributed by atoms with Gasteiger partial charge < -0.3 is 10.5 Å². The van der Waals surface area contributed by atoms with E-state index in [4.69, 9.17) is 22.7 Å². The predicted octanol–water partition coefficient (Wildman–Crippen LogP) is 1.27. The first kappa shape index (κ1) is 17.0. The van der Waals surface area contributed by atoms with Gasteiger partial charge in [-0.15, -0.1) is 0 Å². The first-order valence-corrected chi connectivity index (χ1v) is 8.20. The zero-order valence-corrected chi connectivity index (χ0v) is 13.3. The van der Waals surface area contributed by atoms with Gasteiger partial charge >= 0.3 is 0 Å². The second kappa shape index (κ2) is 7.68. The third kappa shape index (κ3) is 5.16. The first-order valence-electron chi connectivity index (χ1n) is 6.31. The van der Waals surface area contributed by atoms with Crippen LogP contribution in [0.15, 0.2) is 29.2 Å². The molecule has 0 unspecified atom stereocenters. The van der Waals surface area contributed by atoms with E-state index in [1.807, 2.05) is 13.8 Å². The minimum atomic E-state index is -3.63. The lowest BCUT2D eigenvalue weighted by atomic mass is 10.2. The van der Waals surface area contributed by atoms with Crippen molar-refractivity contribution in [2.75, 3.05) is 19.8 Å². The van der Waals surface area contributed by atoms with E-state index in [0.29, 0.717) is 24.7 Å². The molecule has 1 aromatic rings. The molecule has 0 radical (unpaired) electrons. The van der Waals surface area contributed by atoms with Crippen molar-refractivity contribution in [2.24, 2.45) is 11.7 Å². The molecule has 3 N–H and O–H groups in total. The highest BCUT2D eigenvalue weighted by atomic mass is 32.2. The van der Waals surface area contributed by atoms with Gasteiger partial charge in [-0.3, -0.25) is 0 Å². The average Bonchev–Trinajstić information content (AvgIpc) is 2.37. The molecule has 20 heavy (non-hydrogen) atoms. The van der Waals surface area contributed by atoms with E-state index in [2.05, 4.69) is 4.72 Å². The molecular weight excluding hydrogens is 296 g/mol. The number of thiocarbonyl (C=S) groups is 1. The van der Waals surface area contributed by atoms with Crippen molar-refractivity contribution in [3.05, 3.63) is 29.8 Å². The Morgan fingerprint density at radius 3 is 2.65 bits per heavy atom. The first-order chi connectivity index (χ1) is 9.34. The van der Waals surface area contributed by atoms with Crippen LogP contribution in [0.3, 0.4) is 0 Å². The molecule has 1 aromatic carbocycles. The Balaban J connectivity index is 2.68. The zero-order valence-electron chi connectivity index (χ0n) is 11.6. The van der Waals surface area contributed by atoms with Gasteiger partial charge in [0.15, 0.2) is 0 Å². The monoisotopic (exact) mass is 316 g/mol. The highest BCUT2D eigenvalue weighted by molar-refractivity contribution is 7.89. The Hall–Kier alpha value is -1.02. The molecule has 1 rings (SSSR count). The van der Waals surface area contributed by atoms with Crippen molar-refractivity contribution in [3.63, 3.8) is 0 Å². The molecule has 112 valence electrons. The Morgan fingerprint density at radius 1 is 1.40 bits per heavy atom. The summed E-state index contributed by atoms with van der Waals surface area (Å²) in [4.78, 5) is 0.151. The lowest BCUT2D eigenvalue weighted by Gasteiger charge is -2.11. The van der Waals surface area contributed by atoms with Crippen LogP contribution < -0.4 is 10.5 Å². The summed E-state index contributed by atoms with van der Waals surface area (Å²) in [6, 6.07) is 6.39. The van der Waals surface area contributed by atoms with Crippen molar-refractivity contribution in [2.45, 2.75) is 18.7 Å². The standard InChI is InChI=1S/C13H20N2O3S2/c1-10(2)9-18-8-7-15-20(16,17)12-6-4-3-5-11(12)13(14)19/h3-6,10,15H,7-9H2,1-2H3,(H2,14,19). The molecule has 7 heteroatoms. The van der Waals surface area contributed by atoms with Crippen molar-refractivity contribution in [1.29, 1.82) is 0 Å². The summed E-state index contributed by atoms with van der Waals surface area (Å²) in [6.45, 7) is 5.20. The third-order valence-electron chi connectivity index (χ3n) is 2.43. The summed E-state index contributed by atoms with van der Waals surface area (Å²) < 4.78 is 32.1. The molecule has 0 aliphatic rings. The molecule has 0 saturated heterocycles. The van der Waals surface area contributed by atoms with Crippen LogP contribution >= 0.6 is 12.2 Å². The normalized spacial score (nSPS) is 11.8. The van der Waals surface area contributed by atoms with Crippen molar-refractivity contribution in [3.8, 4) is 0 Å². The predicted molar refractivity (Wildman–Crippen MR) is 83.2 cm³/mol. The Bertz CT molecular complexity index is 556. The van der Waals surface area contributed by atoms with E-state index < -0.39 is 10.0 Å². The lowest BCUT2D eigenvalue weighted by Crippen LogP contribution is -2.29. The number of nitrogens with two attached hydrogens (primary N) is 1.